The number of terminal acetylenes is 1. The Balaban J connectivity index is 2.65. The van der Waals surface area contributed by atoms with E-state index in [1.54, 1.807) is 6.92 Å². The predicted molar refractivity (Wildman–Crippen MR) is 71.1 cm³/mol. The molecular weight excluding hydrogens is 236 g/mol. The van der Waals surface area contributed by atoms with Crippen LogP contribution in [0.2, 0.25) is 5.02 Å². The van der Waals surface area contributed by atoms with Crippen molar-refractivity contribution in [3.05, 3.63) is 28.8 Å². The first-order valence-corrected chi connectivity index (χ1v) is 5.66. The molecule has 0 aromatic heterocycles. The standard InChI is InChI=1S/C13H15ClN2O/c1-4-7-15-13(17)10(3)16-12-6-5-9(2)8-11(12)14/h1,5-6,8,10,16H,7H2,2-3H3,(H,15,17). The van der Waals surface area contributed by atoms with Crippen molar-refractivity contribution in [3.8, 4) is 12.3 Å². The molecule has 0 saturated carbocycles. The lowest BCUT2D eigenvalue weighted by molar-refractivity contribution is -0.121. The van der Waals surface area contributed by atoms with Crippen LogP contribution < -0.4 is 10.6 Å². The first-order chi connectivity index (χ1) is 8.04. The Kier molecular flexibility index (Phi) is 4.86. The predicted octanol–water partition coefficient (Wildman–Crippen LogP) is 2.20. The number of halogens is 1. The lowest BCUT2D eigenvalue weighted by atomic mass is 10.2. The lowest BCUT2D eigenvalue weighted by Crippen LogP contribution is -2.37. The van der Waals surface area contributed by atoms with Crippen LogP contribution in [0.1, 0.15) is 12.5 Å². The summed E-state index contributed by atoms with van der Waals surface area (Å²) in [5, 5.41) is 6.23. The molecule has 0 fully saturated rings. The maximum absolute atomic E-state index is 11.6. The summed E-state index contributed by atoms with van der Waals surface area (Å²) in [5.41, 5.74) is 1.81. The third kappa shape index (κ3) is 4.01. The van der Waals surface area contributed by atoms with Crippen LogP contribution in [0.15, 0.2) is 18.2 Å². The van der Waals surface area contributed by atoms with Crippen molar-refractivity contribution >= 4 is 23.2 Å². The maximum atomic E-state index is 11.6. The van der Waals surface area contributed by atoms with E-state index in [-0.39, 0.29) is 18.5 Å². The number of carbonyl (C=O) groups excluding carboxylic acids is 1. The minimum Gasteiger partial charge on any atom is -0.373 e. The normalized spacial score (nSPS) is 11.4. The zero-order chi connectivity index (χ0) is 12.8. The molecule has 0 aliphatic rings. The van der Waals surface area contributed by atoms with Crippen molar-refractivity contribution in [1.82, 2.24) is 5.32 Å². The summed E-state index contributed by atoms with van der Waals surface area (Å²) >= 11 is 6.06. The zero-order valence-corrected chi connectivity index (χ0v) is 10.6. The second-order valence-corrected chi connectivity index (χ2v) is 4.18. The van der Waals surface area contributed by atoms with Gasteiger partial charge < -0.3 is 10.6 Å². The van der Waals surface area contributed by atoms with Crippen LogP contribution in [0.5, 0.6) is 0 Å². The molecule has 0 spiro atoms. The van der Waals surface area contributed by atoms with E-state index < -0.39 is 0 Å². The molecule has 3 nitrogen and oxygen atoms in total. The Morgan fingerprint density at radius 1 is 1.59 bits per heavy atom. The van der Waals surface area contributed by atoms with Crippen LogP contribution in [0.25, 0.3) is 0 Å². The van der Waals surface area contributed by atoms with E-state index in [1.165, 1.54) is 0 Å². The number of hydrogen-bond donors (Lipinski definition) is 2. The first kappa shape index (κ1) is 13.4. The van der Waals surface area contributed by atoms with Crippen molar-refractivity contribution in [3.63, 3.8) is 0 Å². The highest BCUT2D eigenvalue weighted by molar-refractivity contribution is 6.33. The minimum atomic E-state index is -0.386. The molecule has 1 amide bonds. The average Bonchev–Trinajstić information content (AvgIpc) is 2.29. The average molecular weight is 251 g/mol. The van der Waals surface area contributed by atoms with Crippen LogP contribution in [-0.4, -0.2) is 18.5 Å². The molecule has 17 heavy (non-hydrogen) atoms. The van der Waals surface area contributed by atoms with E-state index in [9.17, 15) is 4.79 Å². The highest BCUT2D eigenvalue weighted by Crippen LogP contribution is 2.23. The van der Waals surface area contributed by atoms with Gasteiger partial charge in [0.1, 0.15) is 6.04 Å². The molecular formula is C13H15ClN2O. The van der Waals surface area contributed by atoms with Gasteiger partial charge in [-0.15, -0.1) is 6.42 Å². The molecule has 4 heteroatoms. The summed E-state index contributed by atoms with van der Waals surface area (Å²) in [6, 6.07) is 5.24. The number of aryl methyl sites for hydroxylation is 1. The Bertz CT molecular complexity index is 451. The molecule has 1 unspecified atom stereocenters. The molecule has 1 rings (SSSR count). The Labute approximate surface area is 107 Å². The van der Waals surface area contributed by atoms with E-state index in [2.05, 4.69) is 16.6 Å². The Morgan fingerprint density at radius 2 is 2.29 bits per heavy atom. The number of benzene rings is 1. The Hall–Kier alpha value is -1.66. The monoisotopic (exact) mass is 250 g/mol. The van der Waals surface area contributed by atoms with Gasteiger partial charge >= 0.3 is 0 Å². The zero-order valence-electron chi connectivity index (χ0n) is 9.88. The van der Waals surface area contributed by atoms with E-state index in [4.69, 9.17) is 18.0 Å². The van der Waals surface area contributed by atoms with Crippen LogP contribution in [0, 0.1) is 19.3 Å². The molecule has 90 valence electrons. The SMILES string of the molecule is C#CCNC(=O)C(C)Nc1ccc(C)cc1Cl. The van der Waals surface area contributed by atoms with Crippen molar-refractivity contribution in [2.75, 3.05) is 11.9 Å². The third-order valence-corrected chi connectivity index (χ3v) is 2.57. The van der Waals surface area contributed by atoms with Gasteiger partial charge in [-0.25, -0.2) is 0 Å². The molecule has 0 saturated heterocycles. The number of hydrogen-bond acceptors (Lipinski definition) is 2. The second-order valence-electron chi connectivity index (χ2n) is 3.77. The van der Waals surface area contributed by atoms with Gasteiger partial charge in [-0.3, -0.25) is 4.79 Å². The van der Waals surface area contributed by atoms with Gasteiger partial charge in [-0.2, -0.15) is 0 Å². The molecule has 2 N–H and O–H groups in total. The summed E-state index contributed by atoms with van der Waals surface area (Å²) in [7, 11) is 0. The number of carbonyl (C=O) groups is 1. The second kappa shape index (κ2) is 6.17. The fraction of sp³-hybridized carbons (Fsp3) is 0.308. The van der Waals surface area contributed by atoms with Crippen molar-refractivity contribution in [2.24, 2.45) is 0 Å². The largest absolute Gasteiger partial charge is 0.373 e. The van der Waals surface area contributed by atoms with E-state index >= 15 is 0 Å². The topological polar surface area (TPSA) is 41.1 Å². The van der Waals surface area contributed by atoms with Crippen LogP contribution in [0.4, 0.5) is 5.69 Å². The number of rotatable bonds is 4. The Morgan fingerprint density at radius 3 is 2.88 bits per heavy atom. The van der Waals surface area contributed by atoms with E-state index in [1.807, 2.05) is 25.1 Å². The van der Waals surface area contributed by atoms with Crippen molar-refractivity contribution in [2.45, 2.75) is 19.9 Å². The van der Waals surface area contributed by atoms with Gasteiger partial charge in [0.25, 0.3) is 0 Å². The van der Waals surface area contributed by atoms with Gasteiger partial charge in [0.15, 0.2) is 0 Å². The highest BCUT2D eigenvalue weighted by Gasteiger charge is 2.12. The van der Waals surface area contributed by atoms with Gasteiger partial charge in [0.05, 0.1) is 17.3 Å². The van der Waals surface area contributed by atoms with Crippen LogP contribution in [0.3, 0.4) is 0 Å². The van der Waals surface area contributed by atoms with E-state index in [0.717, 1.165) is 11.3 Å². The molecule has 1 aromatic rings. The van der Waals surface area contributed by atoms with Gasteiger partial charge in [0.2, 0.25) is 5.91 Å². The van der Waals surface area contributed by atoms with Gasteiger partial charge in [-0.05, 0) is 31.5 Å². The summed E-state index contributed by atoms with van der Waals surface area (Å²) in [6.07, 6.45) is 5.06. The fourth-order valence-corrected chi connectivity index (χ4v) is 1.62. The summed E-state index contributed by atoms with van der Waals surface area (Å²) < 4.78 is 0. The van der Waals surface area contributed by atoms with Gasteiger partial charge in [-0.1, -0.05) is 23.6 Å². The summed E-state index contributed by atoms with van der Waals surface area (Å²) in [5.74, 6) is 2.20. The van der Waals surface area contributed by atoms with Crippen molar-refractivity contribution in [1.29, 1.82) is 0 Å². The smallest absolute Gasteiger partial charge is 0.242 e. The molecule has 0 radical (unpaired) electrons. The van der Waals surface area contributed by atoms with Gasteiger partial charge in [0, 0.05) is 0 Å². The molecule has 1 atom stereocenters. The number of nitrogens with one attached hydrogen (secondary N) is 2. The molecule has 0 bridgehead atoms. The summed E-state index contributed by atoms with van der Waals surface area (Å²) in [4.78, 5) is 11.6. The summed E-state index contributed by atoms with van der Waals surface area (Å²) in [6.45, 7) is 3.94. The number of anilines is 1. The molecule has 0 heterocycles. The minimum absolute atomic E-state index is 0.153. The van der Waals surface area contributed by atoms with Crippen LogP contribution >= 0.6 is 11.6 Å². The van der Waals surface area contributed by atoms with Crippen molar-refractivity contribution < 1.29 is 4.79 Å². The fourth-order valence-electron chi connectivity index (χ4n) is 1.33. The lowest BCUT2D eigenvalue weighted by Gasteiger charge is -2.15. The quantitative estimate of drug-likeness (QED) is 0.805. The molecule has 0 aliphatic heterocycles. The highest BCUT2D eigenvalue weighted by atomic mass is 35.5. The maximum Gasteiger partial charge on any atom is 0.242 e. The van der Waals surface area contributed by atoms with E-state index in [0.29, 0.717) is 5.02 Å². The molecule has 0 aliphatic carbocycles. The van der Waals surface area contributed by atoms with Crippen LogP contribution in [-0.2, 0) is 4.79 Å². The number of amides is 1. The molecule has 1 aromatic carbocycles. The third-order valence-electron chi connectivity index (χ3n) is 2.25. The first-order valence-electron chi connectivity index (χ1n) is 5.28.